The minimum Gasteiger partial charge on any atom is -0.312 e. The number of benzene rings is 1. The summed E-state index contributed by atoms with van der Waals surface area (Å²) in [4.78, 5) is 0. The molecule has 0 saturated heterocycles. The number of halogens is 2. The van der Waals surface area contributed by atoms with Gasteiger partial charge in [0.05, 0.1) is 0 Å². The van der Waals surface area contributed by atoms with Crippen LogP contribution in [0.3, 0.4) is 0 Å². The molecule has 1 aromatic rings. The highest BCUT2D eigenvalue weighted by Gasteiger charge is 2.44. The molecule has 0 radical (unpaired) electrons. The second-order valence-corrected chi connectivity index (χ2v) is 5.30. The molecule has 1 unspecified atom stereocenters. The van der Waals surface area contributed by atoms with Crippen LogP contribution in [0.25, 0.3) is 0 Å². The maximum Gasteiger partial charge on any atom is 0.126 e. The van der Waals surface area contributed by atoms with Crippen LogP contribution in [0.15, 0.2) is 18.2 Å². The molecular weight excluding hydrogens is 208 g/mol. The Morgan fingerprint density at radius 1 is 1.25 bits per heavy atom. The van der Waals surface area contributed by atoms with Crippen LogP contribution in [0.4, 0.5) is 8.78 Å². The van der Waals surface area contributed by atoms with Gasteiger partial charge in [-0.05, 0) is 42.0 Å². The third-order valence-electron chi connectivity index (χ3n) is 3.36. The van der Waals surface area contributed by atoms with Gasteiger partial charge in [0.2, 0.25) is 0 Å². The first-order valence-corrected chi connectivity index (χ1v) is 5.63. The normalized spacial score (nSPS) is 22.1. The lowest BCUT2D eigenvalue weighted by Gasteiger charge is -2.06. The van der Waals surface area contributed by atoms with Crippen molar-refractivity contribution in [2.75, 3.05) is 6.54 Å². The predicted molar refractivity (Wildman–Crippen MR) is 60.0 cm³/mol. The van der Waals surface area contributed by atoms with Gasteiger partial charge >= 0.3 is 0 Å². The summed E-state index contributed by atoms with van der Waals surface area (Å²) in [5.41, 5.74) is 1.11. The van der Waals surface area contributed by atoms with Crippen LogP contribution in [-0.4, -0.2) is 6.54 Å². The van der Waals surface area contributed by atoms with Gasteiger partial charge in [0.25, 0.3) is 0 Å². The average Bonchev–Trinajstić information content (AvgIpc) is 2.72. The molecule has 16 heavy (non-hydrogen) atoms. The summed E-state index contributed by atoms with van der Waals surface area (Å²) in [5, 5.41) is 3.24. The lowest BCUT2D eigenvalue weighted by Crippen LogP contribution is -2.18. The Hall–Kier alpha value is -0.960. The fourth-order valence-corrected chi connectivity index (χ4v) is 2.03. The summed E-state index contributed by atoms with van der Waals surface area (Å²) in [6.07, 6.45) is 1.23. The van der Waals surface area contributed by atoms with Gasteiger partial charge < -0.3 is 5.32 Å². The molecule has 1 N–H and O–H groups in total. The molecule has 3 heteroatoms. The molecule has 88 valence electrons. The average molecular weight is 225 g/mol. The molecule has 0 heterocycles. The number of hydrogen-bond donors (Lipinski definition) is 1. The van der Waals surface area contributed by atoms with E-state index in [1.165, 1.54) is 18.6 Å². The first kappa shape index (κ1) is 11.5. The van der Waals surface area contributed by atoms with E-state index >= 15 is 0 Å². The van der Waals surface area contributed by atoms with Crippen molar-refractivity contribution in [3.63, 3.8) is 0 Å². The van der Waals surface area contributed by atoms with E-state index in [4.69, 9.17) is 0 Å². The van der Waals surface area contributed by atoms with Crippen molar-refractivity contribution in [1.82, 2.24) is 5.32 Å². The fraction of sp³-hybridized carbons (Fsp3) is 0.538. The minimum atomic E-state index is -0.511. The highest BCUT2D eigenvalue weighted by Crippen LogP contribution is 2.50. The monoisotopic (exact) mass is 225 g/mol. The molecule has 0 spiro atoms. The minimum absolute atomic E-state index is 0.445. The fourth-order valence-electron chi connectivity index (χ4n) is 2.03. The molecule has 1 fully saturated rings. The summed E-state index contributed by atoms with van der Waals surface area (Å²) in [6, 6.07) is 3.63. The van der Waals surface area contributed by atoms with Gasteiger partial charge in [-0.2, -0.15) is 0 Å². The third-order valence-corrected chi connectivity index (χ3v) is 3.36. The van der Waals surface area contributed by atoms with E-state index in [1.54, 1.807) is 0 Å². The SMILES string of the molecule is CC1(C)CC1CNCc1cc(F)cc(F)c1. The lowest BCUT2D eigenvalue weighted by atomic mass is 10.1. The van der Waals surface area contributed by atoms with E-state index in [-0.39, 0.29) is 0 Å². The molecule has 1 aromatic carbocycles. The summed E-state index contributed by atoms with van der Waals surface area (Å²) >= 11 is 0. The van der Waals surface area contributed by atoms with Crippen LogP contribution in [0.5, 0.6) is 0 Å². The smallest absolute Gasteiger partial charge is 0.126 e. The zero-order valence-electron chi connectivity index (χ0n) is 9.69. The Balaban J connectivity index is 1.81. The van der Waals surface area contributed by atoms with E-state index in [0.29, 0.717) is 23.4 Å². The zero-order valence-corrected chi connectivity index (χ0v) is 9.69. The van der Waals surface area contributed by atoms with Crippen molar-refractivity contribution in [3.05, 3.63) is 35.4 Å². The largest absolute Gasteiger partial charge is 0.312 e. The molecule has 0 aromatic heterocycles. The van der Waals surface area contributed by atoms with Gasteiger partial charge in [0, 0.05) is 12.6 Å². The summed E-state index contributed by atoms with van der Waals surface area (Å²) < 4.78 is 25.8. The molecule has 2 rings (SSSR count). The summed E-state index contributed by atoms with van der Waals surface area (Å²) in [5.74, 6) is -0.321. The second kappa shape index (κ2) is 4.13. The van der Waals surface area contributed by atoms with Crippen LogP contribution in [-0.2, 0) is 6.54 Å². The predicted octanol–water partition coefficient (Wildman–Crippen LogP) is 3.10. The van der Waals surface area contributed by atoms with Crippen molar-refractivity contribution in [3.8, 4) is 0 Å². The van der Waals surface area contributed by atoms with Crippen LogP contribution in [0.2, 0.25) is 0 Å². The molecule has 1 aliphatic carbocycles. The topological polar surface area (TPSA) is 12.0 Å². The Morgan fingerprint density at radius 2 is 1.81 bits per heavy atom. The van der Waals surface area contributed by atoms with Gasteiger partial charge in [0.15, 0.2) is 0 Å². The van der Waals surface area contributed by atoms with Crippen molar-refractivity contribution in [1.29, 1.82) is 0 Å². The van der Waals surface area contributed by atoms with Crippen molar-refractivity contribution >= 4 is 0 Å². The van der Waals surface area contributed by atoms with Gasteiger partial charge in [-0.1, -0.05) is 13.8 Å². The quantitative estimate of drug-likeness (QED) is 0.830. The Morgan fingerprint density at radius 3 is 2.31 bits per heavy atom. The zero-order chi connectivity index (χ0) is 11.8. The summed E-state index contributed by atoms with van der Waals surface area (Å²) in [7, 11) is 0. The van der Waals surface area contributed by atoms with Gasteiger partial charge in [-0.15, -0.1) is 0 Å². The van der Waals surface area contributed by atoms with Crippen molar-refractivity contribution in [2.24, 2.45) is 11.3 Å². The van der Waals surface area contributed by atoms with Crippen LogP contribution >= 0.6 is 0 Å². The lowest BCUT2D eigenvalue weighted by molar-refractivity contribution is 0.517. The Bertz CT molecular complexity index is 367. The van der Waals surface area contributed by atoms with E-state index < -0.39 is 11.6 Å². The highest BCUT2D eigenvalue weighted by molar-refractivity contribution is 5.17. The molecule has 0 aliphatic heterocycles. The van der Waals surface area contributed by atoms with Gasteiger partial charge in [-0.3, -0.25) is 0 Å². The first-order chi connectivity index (χ1) is 7.47. The standard InChI is InChI=1S/C13H17F2N/c1-13(2)6-10(13)8-16-7-9-3-11(14)5-12(15)4-9/h3-5,10,16H,6-8H2,1-2H3. The molecule has 1 nitrogen and oxygen atoms in total. The maximum absolute atomic E-state index is 12.9. The molecule has 0 amide bonds. The van der Waals surface area contributed by atoms with Crippen molar-refractivity contribution in [2.45, 2.75) is 26.8 Å². The molecule has 1 saturated carbocycles. The van der Waals surface area contributed by atoms with Crippen LogP contribution < -0.4 is 5.32 Å². The van der Waals surface area contributed by atoms with E-state index in [2.05, 4.69) is 19.2 Å². The second-order valence-electron chi connectivity index (χ2n) is 5.30. The van der Waals surface area contributed by atoms with Crippen molar-refractivity contribution < 1.29 is 8.78 Å². The highest BCUT2D eigenvalue weighted by atomic mass is 19.1. The number of hydrogen-bond acceptors (Lipinski definition) is 1. The third kappa shape index (κ3) is 2.79. The summed E-state index contributed by atoms with van der Waals surface area (Å²) in [6.45, 7) is 5.93. The maximum atomic E-state index is 12.9. The first-order valence-electron chi connectivity index (χ1n) is 5.63. The number of nitrogens with one attached hydrogen (secondary N) is 1. The van der Waals surface area contributed by atoms with Crippen LogP contribution in [0.1, 0.15) is 25.8 Å². The Labute approximate surface area is 94.9 Å². The van der Waals surface area contributed by atoms with Gasteiger partial charge in [0.1, 0.15) is 11.6 Å². The van der Waals surface area contributed by atoms with E-state index in [9.17, 15) is 8.78 Å². The van der Waals surface area contributed by atoms with E-state index in [0.717, 1.165) is 12.6 Å². The Kier molecular flexibility index (Phi) is 2.98. The molecule has 1 aliphatic rings. The van der Waals surface area contributed by atoms with Crippen LogP contribution in [0, 0.1) is 23.0 Å². The van der Waals surface area contributed by atoms with Gasteiger partial charge in [-0.25, -0.2) is 8.78 Å². The van der Waals surface area contributed by atoms with E-state index in [1.807, 2.05) is 0 Å². The molecular formula is C13H17F2N. The molecule has 1 atom stereocenters. The number of rotatable bonds is 4. The molecule has 0 bridgehead atoms.